The van der Waals surface area contributed by atoms with Gasteiger partial charge in [0, 0.05) is 11.4 Å². The van der Waals surface area contributed by atoms with E-state index in [0.717, 1.165) is 11.0 Å². The summed E-state index contributed by atoms with van der Waals surface area (Å²) in [6.07, 6.45) is 4.71. The number of nitrogens with two attached hydrogens (primary N) is 1. The summed E-state index contributed by atoms with van der Waals surface area (Å²) in [5.41, 5.74) is 7.52. The van der Waals surface area contributed by atoms with Crippen molar-refractivity contribution in [2.75, 3.05) is 11.1 Å². The second kappa shape index (κ2) is 4.89. The number of hydrogen-bond donors (Lipinski definition) is 3. The van der Waals surface area contributed by atoms with Crippen LogP contribution < -0.4 is 11.1 Å². The van der Waals surface area contributed by atoms with Gasteiger partial charge in [0.25, 0.3) is 5.91 Å². The highest BCUT2D eigenvalue weighted by Crippen LogP contribution is 2.19. The number of nitrogen functional groups attached to an aromatic ring is 1. The van der Waals surface area contributed by atoms with Gasteiger partial charge in [-0.05, 0) is 19.9 Å². The molecule has 1 amide bonds. The third-order valence-electron chi connectivity index (χ3n) is 3.08. The molecule has 0 radical (unpaired) electrons. The molecule has 3 aromatic rings. The summed E-state index contributed by atoms with van der Waals surface area (Å²) in [5, 5.41) is 14.1. The highest BCUT2D eigenvalue weighted by molar-refractivity contribution is 6.06. The molecule has 3 rings (SSSR count). The first kappa shape index (κ1) is 13.1. The first-order valence-corrected chi connectivity index (χ1v) is 6.49. The number of hydrogen-bond acceptors (Lipinski definition) is 5. The third-order valence-corrected chi connectivity index (χ3v) is 3.08. The van der Waals surface area contributed by atoms with Crippen LogP contribution in [0.5, 0.6) is 0 Å². The number of carbonyl (C=O) groups excluding carboxylic acids is 1. The lowest BCUT2D eigenvalue weighted by atomic mass is 10.3. The fourth-order valence-electron chi connectivity index (χ4n) is 2.06. The minimum Gasteiger partial charge on any atom is -0.396 e. The summed E-state index contributed by atoms with van der Waals surface area (Å²) in [7, 11) is 0. The van der Waals surface area contributed by atoms with Gasteiger partial charge in [-0.3, -0.25) is 9.89 Å². The largest absolute Gasteiger partial charge is 0.396 e. The minimum atomic E-state index is -0.359. The molecule has 0 atom stereocenters. The SMILES string of the molecule is CC(C)n1ncc2cc(NC(=O)c3[nH]ncc3N)cnc21. The monoisotopic (exact) mass is 285 g/mol. The second-order valence-corrected chi connectivity index (χ2v) is 4.97. The molecule has 0 fully saturated rings. The normalized spacial score (nSPS) is 11.2. The summed E-state index contributed by atoms with van der Waals surface area (Å²) < 4.78 is 1.83. The summed E-state index contributed by atoms with van der Waals surface area (Å²) >= 11 is 0. The van der Waals surface area contributed by atoms with Crippen molar-refractivity contribution in [2.24, 2.45) is 0 Å². The van der Waals surface area contributed by atoms with E-state index in [4.69, 9.17) is 5.73 Å². The molecule has 3 aromatic heterocycles. The Balaban J connectivity index is 1.88. The molecular formula is C13H15N7O. The number of amides is 1. The van der Waals surface area contributed by atoms with Crippen molar-refractivity contribution in [3.63, 3.8) is 0 Å². The smallest absolute Gasteiger partial charge is 0.275 e. The van der Waals surface area contributed by atoms with E-state index in [0.29, 0.717) is 11.4 Å². The second-order valence-electron chi connectivity index (χ2n) is 4.97. The van der Waals surface area contributed by atoms with Crippen molar-refractivity contribution < 1.29 is 4.79 Å². The standard InChI is InChI=1S/C13H15N7O/c1-7(2)20-12-8(4-17-20)3-9(5-15-12)18-13(21)11-10(14)6-16-19-11/h3-7H,14H2,1-2H3,(H,16,19)(H,18,21). The van der Waals surface area contributed by atoms with Crippen molar-refractivity contribution in [2.45, 2.75) is 19.9 Å². The lowest BCUT2D eigenvalue weighted by Crippen LogP contribution is -2.14. The molecule has 8 heteroatoms. The van der Waals surface area contributed by atoms with Crippen molar-refractivity contribution >= 4 is 28.3 Å². The maximum absolute atomic E-state index is 12.0. The first-order chi connectivity index (χ1) is 10.1. The molecule has 0 aliphatic heterocycles. The number of aromatic amines is 1. The van der Waals surface area contributed by atoms with E-state index in [2.05, 4.69) is 25.6 Å². The van der Waals surface area contributed by atoms with E-state index in [-0.39, 0.29) is 17.6 Å². The molecule has 108 valence electrons. The predicted molar refractivity (Wildman–Crippen MR) is 78.9 cm³/mol. The van der Waals surface area contributed by atoms with E-state index in [1.54, 1.807) is 12.4 Å². The van der Waals surface area contributed by atoms with Crippen LogP contribution in [-0.4, -0.2) is 30.9 Å². The summed E-state index contributed by atoms with van der Waals surface area (Å²) in [6, 6.07) is 2.04. The number of nitrogens with zero attached hydrogens (tertiary/aromatic N) is 4. The number of rotatable bonds is 3. The lowest BCUT2D eigenvalue weighted by Gasteiger charge is -2.07. The van der Waals surface area contributed by atoms with Gasteiger partial charge in [-0.1, -0.05) is 0 Å². The fourth-order valence-corrected chi connectivity index (χ4v) is 2.06. The first-order valence-electron chi connectivity index (χ1n) is 6.49. The molecule has 3 heterocycles. The summed E-state index contributed by atoms with van der Waals surface area (Å²) in [4.78, 5) is 16.4. The Morgan fingerprint density at radius 3 is 2.86 bits per heavy atom. The Hall–Kier alpha value is -2.90. The van der Waals surface area contributed by atoms with Crippen LogP contribution in [0, 0.1) is 0 Å². The molecule has 0 aliphatic carbocycles. The topological polar surface area (TPSA) is 115 Å². The van der Waals surface area contributed by atoms with E-state index >= 15 is 0 Å². The van der Waals surface area contributed by atoms with Crippen LogP contribution in [0.4, 0.5) is 11.4 Å². The van der Waals surface area contributed by atoms with Gasteiger partial charge in [-0.2, -0.15) is 10.2 Å². The molecule has 8 nitrogen and oxygen atoms in total. The number of aromatic nitrogens is 5. The van der Waals surface area contributed by atoms with Crippen molar-refractivity contribution in [3.05, 3.63) is 30.4 Å². The number of nitrogens with one attached hydrogen (secondary N) is 2. The van der Waals surface area contributed by atoms with Crippen LogP contribution in [0.15, 0.2) is 24.7 Å². The van der Waals surface area contributed by atoms with Crippen LogP contribution in [0.1, 0.15) is 30.4 Å². The zero-order chi connectivity index (χ0) is 15.0. The van der Waals surface area contributed by atoms with Crippen LogP contribution >= 0.6 is 0 Å². The average molecular weight is 285 g/mol. The Kier molecular flexibility index (Phi) is 3.05. The molecule has 21 heavy (non-hydrogen) atoms. The summed E-state index contributed by atoms with van der Waals surface area (Å²) in [6.45, 7) is 4.07. The van der Waals surface area contributed by atoms with Gasteiger partial charge in [-0.15, -0.1) is 0 Å². The highest BCUT2D eigenvalue weighted by atomic mass is 16.2. The quantitative estimate of drug-likeness (QED) is 0.675. The Morgan fingerprint density at radius 1 is 1.38 bits per heavy atom. The van der Waals surface area contributed by atoms with Gasteiger partial charge >= 0.3 is 0 Å². The van der Waals surface area contributed by atoms with Gasteiger partial charge < -0.3 is 11.1 Å². The third kappa shape index (κ3) is 2.31. The Morgan fingerprint density at radius 2 is 2.19 bits per heavy atom. The maximum Gasteiger partial charge on any atom is 0.275 e. The van der Waals surface area contributed by atoms with Crippen LogP contribution in [0.3, 0.4) is 0 Å². The molecular weight excluding hydrogens is 270 g/mol. The molecule has 0 spiro atoms. The van der Waals surface area contributed by atoms with Gasteiger partial charge in [-0.25, -0.2) is 9.67 Å². The van der Waals surface area contributed by atoms with Crippen molar-refractivity contribution in [1.82, 2.24) is 25.0 Å². The Bertz CT molecular complexity index is 802. The molecule has 0 saturated carbocycles. The number of fused-ring (bicyclic) bond motifs is 1. The van der Waals surface area contributed by atoms with Crippen molar-refractivity contribution in [1.29, 1.82) is 0 Å². The zero-order valence-corrected chi connectivity index (χ0v) is 11.7. The predicted octanol–water partition coefficient (Wildman–Crippen LogP) is 1.57. The van der Waals surface area contributed by atoms with Crippen LogP contribution in [0.25, 0.3) is 11.0 Å². The molecule has 0 bridgehead atoms. The average Bonchev–Trinajstić information content (AvgIpc) is 3.04. The molecule has 0 saturated heterocycles. The molecule has 0 aromatic carbocycles. The molecule has 0 aliphatic rings. The van der Waals surface area contributed by atoms with Gasteiger partial charge in [0.1, 0.15) is 5.69 Å². The number of pyridine rings is 1. The van der Waals surface area contributed by atoms with E-state index in [1.165, 1.54) is 6.20 Å². The summed E-state index contributed by atoms with van der Waals surface area (Å²) in [5.74, 6) is -0.359. The number of carbonyl (C=O) groups is 1. The van der Waals surface area contributed by atoms with E-state index in [1.807, 2.05) is 24.6 Å². The van der Waals surface area contributed by atoms with Gasteiger partial charge in [0.2, 0.25) is 0 Å². The molecule has 0 unspecified atom stereocenters. The van der Waals surface area contributed by atoms with E-state index < -0.39 is 0 Å². The minimum absolute atomic E-state index is 0.222. The fraction of sp³-hybridized carbons (Fsp3) is 0.231. The van der Waals surface area contributed by atoms with Crippen LogP contribution in [0.2, 0.25) is 0 Å². The zero-order valence-electron chi connectivity index (χ0n) is 11.7. The number of anilines is 2. The maximum atomic E-state index is 12.0. The van der Waals surface area contributed by atoms with Crippen LogP contribution in [-0.2, 0) is 0 Å². The highest BCUT2D eigenvalue weighted by Gasteiger charge is 2.13. The van der Waals surface area contributed by atoms with Gasteiger partial charge in [0.05, 0.1) is 30.0 Å². The lowest BCUT2D eigenvalue weighted by molar-refractivity contribution is 0.102. The van der Waals surface area contributed by atoms with Gasteiger partial charge in [0.15, 0.2) is 5.65 Å². The Labute approximate surface area is 120 Å². The molecule has 4 N–H and O–H groups in total. The number of H-pyrrole nitrogens is 1. The van der Waals surface area contributed by atoms with E-state index in [9.17, 15) is 4.79 Å². The van der Waals surface area contributed by atoms with Crippen molar-refractivity contribution in [3.8, 4) is 0 Å².